The molecule has 1 unspecified atom stereocenters. The molecule has 20 heavy (non-hydrogen) atoms. The normalized spacial score (nSPS) is 12.2. The van der Waals surface area contributed by atoms with Gasteiger partial charge in [-0.3, -0.25) is 9.48 Å². The van der Waals surface area contributed by atoms with Crippen molar-refractivity contribution >= 4 is 40.1 Å². The van der Waals surface area contributed by atoms with Gasteiger partial charge < -0.3 is 10.4 Å². The number of aryl methyl sites for hydroxylation is 2. The number of hydrogen-bond donors (Lipinski definition) is 2. The summed E-state index contributed by atoms with van der Waals surface area (Å²) in [5, 5.41) is 15.7. The van der Waals surface area contributed by atoms with Crippen molar-refractivity contribution in [2.75, 3.05) is 5.75 Å². The fourth-order valence-electron chi connectivity index (χ4n) is 1.70. The van der Waals surface area contributed by atoms with Crippen molar-refractivity contribution in [1.82, 2.24) is 15.1 Å². The van der Waals surface area contributed by atoms with Gasteiger partial charge in [0.2, 0.25) is 6.41 Å². The van der Waals surface area contributed by atoms with E-state index in [2.05, 4.69) is 26.3 Å². The lowest BCUT2D eigenvalue weighted by atomic mass is 10.3. The smallest absolute Gasteiger partial charge is 0.327 e. The standard InChI is InChI=1S/C12H18BrN3O3S/c1-3-8-11(13)10(16(4-2)15-8)6-20-5-9(12(18)19)14-7-17/h7,9H,3-6H2,1-2H3,(H,14,17)(H,18,19). The summed E-state index contributed by atoms with van der Waals surface area (Å²) in [6, 6.07) is -0.861. The molecule has 0 saturated heterocycles. The van der Waals surface area contributed by atoms with Crippen LogP contribution in [-0.2, 0) is 28.3 Å². The monoisotopic (exact) mass is 363 g/mol. The second-order valence-corrected chi connectivity index (χ2v) is 5.89. The molecule has 0 radical (unpaired) electrons. The van der Waals surface area contributed by atoms with E-state index >= 15 is 0 Å². The summed E-state index contributed by atoms with van der Waals surface area (Å²) in [5.41, 5.74) is 2.05. The first-order valence-corrected chi connectivity index (χ1v) is 8.24. The number of carbonyl (C=O) groups is 2. The first-order chi connectivity index (χ1) is 9.54. The minimum atomic E-state index is -1.03. The van der Waals surface area contributed by atoms with E-state index in [1.807, 2.05) is 18.5 Å². The molecule has 1 rings (SSSR count). The van der Waals surface area contributed by atoms with E-state index in [9.17, 15) is 9.59 Å². The van der Waals surface area contributed by atoms with Crippen LogP contribution in [0, 0.1) is 0 Å². The SMILES string of the molecule is CCc1nn(CC)c(CSCC(NC=O)C(=O)O)c1Br. The predicted molar refractivity (Wildman–Crippen MR) is 81.8 cm³/mol. The van der Waals surface area contributed by atoms with Gasteiger partial charge in [-0.1, -0.05) is 6.92 Å². The number of rotatable bonds is 9. The number of carboxylic acids is 1. The lowest BCUT2D eigenvalue weighted by molar-refractivity contribution is -0.139. The Hall–Kier alpha value is -1.02. The van der Waals surface area contributed by atoms with E-state index in [1.54, 1.807) is 0 Å². The molecule has 1 aromatic rings. The van der Waals surface area contributed by atoms with E-state index < -0.39 is 12.0 Å². The lowest BCUT2D eigenvalue weighted by Gasteiger charge is -2.11. The largest absolute Gasteiger partial charge is 0.480 e. The van der Waals surface area contributed by atoms with E-state index in [0.29, 0.717) is 17.9 Å². The Balaban J connectivity index is 2.67. The van der Waals surface area contributed by atoms with Gasteiger partial charge in [0.1, 0.15) is 6.04 Å². The van der Waals surface area contributed by atoms with Crippen molar-refractivity contribution in [3.63, 3.8) is 0 Å². The number of carbonyl (C=O) groups excluding carboxylic acids is 1. The number of nitrogens with zero attached hydrogens (tertiary/aromatic N) is 2. The van der Waals surface area contributed by atoms with Crippen LogP contribution in [0.15, 0.2) is 4.47 Å². The third-order valence-electron chi connectivity index (χ3n) is 2.78. The molecule has 0 aliphatic carbocycles. The van der Waals surface area contributed by atoms with Crippen LogP contribution in [0.3, 0.4) is 0 Å². The van der Waals surface area contributed by atoms with Crippen LogP contribution < -0.4 is 5.32 Å². The Bertz CT molecular complexity index is 479. The zero-order valence-electron chi connectivity index (χ0n) is 11.4. The molecule has 0 aliphatic rings. The summed E-state index contributed by atoms with van der Waals surface area (Å²) in [7, 11) is 0. The third kappa shape index (κ3) is 4.24. The van der Waals surface area contributed by atoms with Gasteiger partial charge >= 0.3 is 5.97 Å². The minimum Gasteiger partial charge on any atom is -0.480 e. The van der Waals surface area contributed by atoms with Crippen molar-refractivity contribution in [3.8, 4) is 0 Å². The van der Waals surface area contributed by atoms with Gasteiger partial charge in [0.15, 0.2) is 0 Å². The molecule has 0 saturated carbocycles. The van der Waals surface area contributed by atoms with Crippen molar-refractivity contribution < 1.29 is 14.7 Å². The maximum absolute atomic E-state index is 10.9. The summed E-state index contributed by atoms with van der Waals surface area (Å²) in [4.78, 5) is 21.3. The van der Waals surface area contributed by atoms with E-state index in [0.717, 1.165) is 28.8 Å². The van der Waals surface area contributed by atoms with Gasteiger partial charge in [-0.25, -0.2) is 4.79 Å². The molecule has 0 aliphatic heterocycles. The average molecular weight is 364 g/mol. The molecular weight excluding hydrogens is 346 g/mol. The molecule has 2 N–H and O–H groups in total. The number of aliphatic carboxylic acids is 1. The summed E-state index contributed by atoms with van der Waals surface area (Å²) >= 11 is 5.00. The Labute approximate surface area is 130 Å². The highest BCUT2D eigenvalue weighted by Gasteiger charge is 2.18. The number of amides is 1. The zero-order valence-corrected chi connectivity index (χ0v) is 13.8. The molecule has 1 amide bonds. The van der Waals surface area contributed by atoms with Crippen molar-refractivity contribution in [2.24, 2.45) is 0 Å². The van der Waals surface area contributed by atoms with Crippen LogP contribution in [0.1, 0.15) is 25.2 Å². The Morgan fingerprint density at radius 2 is 2.30 bits per heavy atom. The second-order valence-electron chi connectivity index (χ2n) is 4.07. The van der Waals surface area contributed by atoms with Gasteiger partial charge in [0, 0.05) is 18.1 Å². The molecule has 1 aromatic heterocycles. The topological polar surface area (TPSA) is 84.2 Å². The van der Waals surface area contributed by atoms with Crippen LogP contribution in [0.5, 0.6) is 0 Å². The van der Waals surface area contributed by atoms with Crippen molar-refractivity contribution in [1.29, 1.82) is 0 Å². The number of thioether (sulfide) groups is 1. The molecule has 6 nitrogen and oxygen atoms in total. The summed E-state index contributed by atoms with van der Waals surface area (Å²) < 4.78 is 2.91. The van der Waals surface area contributed by atoms with Gasteiger partial charge in [-0.05, 0) is 29.3 Å². The Morgan fingerprint density at radius 1 is 1.60 bits per heavy atom. The van der Waals surface area contributed by atoms with Gasteiger partial charge in [0.25, 0.3) is 0 Å². The van der Waals surface area contributed by atoms with Crippen LogP contribution in [-0.4, -0.2) is 39.1 Å². The highest BCUT2D eigenvalue weighted by Crippen LogP contribution is 2.26. The first kappa shape index (κ1) is 17.0. The van der Waals surface area contributed by atoms with Crippen LogP contribution in [0.25, 0.3) is 0 Å². The van der Waals surface area contributed by atoms with Crippen LogP contribution in [0.2, 0.25) is 0 Å². The zero-order chi connectivity index (χ0) is 15.1. The summed E-state index contributed by atoms with van der Waals surface area (Å²) in [6.45, 7) is 4.82. The molecule has 8 heteroatoms. The third-order valence-corrected chi connectivity index (χ3v) is 4.75. The number of aromatic nitrogens is 2. The highest BCUT2D eigenvalue weighted by molar-refractivity contribution is 9.10. The molecule has 0 fully saturated rings. The lowest BCUT2D eigenvalue weighted by Crippen LogP contribution is -2.37. The van der Waals surface area contributed by atoms with E-state index in [4.69, 9.17) is 5.11 Å². The second kappa shape index (κ2) is 8.31. The van der Waals surface area contributed by atoms with Gasteiger partial charge in [0.05, 0.1) is 15.9 Å². The fraction of sp³-hybridized carbons (Fsp3) is 0.583. The van der Waals surface area contributed by atoms with E-state index in [-0.39, 0.29) is 0 Å². The number of hydrogen-bond acceptors (Lipinski definition) is 4. The highest BCUT2D eigenvalue weighted by atomic mass is 79.9. The van der Waals surface area contributed by atoms with Gasteiger partial charge in [-0.15, -0.1) is 0 Å². The average Bonchev–Trinajstić information content (AvgIpc) is 2.74. The fourth-order valence-corrected chi connectivity index (χ4v) is 3.67. The van der Waals surface area contributed by atoms with Crippen molar-refractivity contribution in [3.05, 3.63) is 15.9 Å². The summed E-state index contributed by atoms with van der Waals surface area (Å²) in [5.74, 6) is -0.0651. The predicted octanol–water partition coefficient (Wildman–Crippen LogP) is 1.66. The maximum atomic E-state index is 10.9. The molecule has 0 aromatic carbocycles. The van der Waals surface area contributed by atoms with Crippen molar-refractivity contribution in [2.45, 2.75) is 38.6 Å². The molecule has 1 heterocycles. The molecule has 1 atom stereocenters. The first-order valence-electron chi connectivity index (χ1n) is 6.29. The molecule has 0 bridgehead atoms. The minimum absolute atomic E-state index is 0.316. The number of carboxylic acid groups (broad SMARTS) is 1. The Kier molecular flexibility index (Phi) is 7.08. The maximum Gasteiger partial charge on any atom is 0.327 e. The number of nitrogens with one attached hydrogen (secondary N) is 1. The number of halogens is 1. The molecule has 112 valence electrons. The summed E-state index contributed by atoms with van der Waals surface area (Å²) in [6.07, 6.45) is 1.26. The van der Waals surface area contributed by atoms with E-state index in [1.165, 1.54) is 11.8 Å². The molecule has 0 spiro atoms. The quantitative estimate of drug-likeness (QED) is 0.651. The van der Waals surface area contributed by atoms with Gasteiger partial charge in [-0.2, -0.15) is 16.9 Å². The molecular formula is C12H18BrN3O3S. The Morgan fingerprint density at radius 3 is 2.80 bits per heavy atom. The van der Waals surface area contributed by atoms with Crippen LogP contribution in [0.4, 0.5) is 0 Å². The van der Waals surface area contributed by atoms with Crippen LogP contribution >= 0.6 is 27.7 Å².